The van der Waals surface area contributed by atoms with E-state index in [0.29, 0.717) is 17.8 Å². The van der Waals surface area contributed by atoms with E-state index in [1.165, 1.54) is 16.8 Å². The summed E-state index contributed by atoms with van der Waals surface area (Å²) in [6, 6.07) is 9.35. The van der Waals surface area contributed by atoms with Crippen LogP contribution in [0.15, 0.2) is 35.8 Å². The van der Waals surface area contributed by atoms with Crippen molar-refractivity contribution in [1.82, 2.24) is 10.3 Å². The normalized spacial score (nSPS) is 10.1. The molecule has 1 amide bonds. The first-order valence-electron chi connectivity index (χ1n) is 6.27. The Labute approximate surface area is 125 Å². The lowest BCUT2D eigenvalue weighted by Crippen LogP contribution is -2.26. The van der Waals surface area contributed by atoms with Crippen LogP contribution < -0.4 is 5.32 Å². The predicted octanol–water partition coefficient (Wildman–Crippen LogP) is 2.31. The van der Waals surface area contributed by atoms with Crippen molar-refractivity contribution >= 4 is 23.4 Å². The van der Waals surface area contributed by atoms with Crippen molar-refractivity contribution in [1.29, 1.82) is 0 Å². The van der Waals surface area contributed by atoms with Crippen molar-refractivity contribution in [3.63, 3.8) is 0 Å². The standard InChI is InChI=1S/C14H14N2O4S/c17-13(18)12-11(21-9-16-12)6-7-15-14(19)20-8-10-4-2-1-3-5-10/h1-5,9H,6-8H2,(H,15,19)(H,17,18). The van der Waals surface area contributed by atoms with Gasteiger partial charge in [-0.1, -0.05) is 30.3 Å². The van der Waals surface area contributed by atoms with E-state index in [0.717, 1.165) is 5.56 Å². The number of ether oxygens (including phenoxy) is 1. The molecular formula is C14H14N2O4S. The fourth-order valence-electron chi connectivity index (χ4n) is 1.67. The van der Waals surface area contributed by atoms with E-state index in [2.05, 4.69) is 10.3 Å². The Morgan fingerprint density at radius 1 is 1.29 bits per heavy atom. The Hall–Kier alpha value is -2.41. The smallest absolute Gasteiger partial charge is 0.407 e. The first kappa shape index (κ1) is 15.0. The average molecular weight is 306 g/mol. The number of benzene rings is 1. The fraction of sp³-hybridized carbons (Fsp3) is 0.214. The minimum absolute atomic E-state index is 0.0412. The van der Waals surface area contributed by atoms with Crippen LogP contribution in [-0.4, -0.2) is 28.7 Å². The number of alkyl carbamates (subject to hydrolysis) is 1. The lowest BCUT2D eigenvalue weighted by atomic mass is 10.2. The lowest BCUT2D eigenvalue weighted by Gasteiger charge is -2.06. The van der Waals surface area contributed by atoms with Crippen molar-refractivity contribution in [2.24, 2.45) is 0 Å². The SMILES string of the molecule is O=C(NCCc1scnc1C(=O)O)OCc1ccccc1. The number of hydrogen-bond donors (Lipinski definition) is 2. The number of hydrogen-bond acceptors (Lipinski definition) is 5. The zero-order valence-electron chi connectivity index (χ0n) is 11.1. The molecule has 0 saturated heterocycles. The van der Waals surface area contributed by atoms with Gasteiger partial charge in [0.2, 0.25) is 0 Å². The van der Waals surface area contributed by atoms with Crippen LogP contribution in [0, 0.1) is 0 Å². The first-order valence-corrected chi connectivity index (χ1v) is 7.15. The Bertz CT molecular complexity index is 612. The summed E-state index contributed by atoms with van der Waals surface area (Å²) in [7, 11) is 0. The Morgan fingerprint density at radius 3 is 2.76 bits per heavy atom. The highest BCUT2D eigenvalue weighted by atomic mass is 32.1. The van der Waals surface area contributed by atoms with Crippen LogP contribution in [0.2, 0.25) is 0 Å². The third kappa shape index (κ3) is 4.57. The molecule has 7 heteroatoms. The summed E-state index contributed by atoms with van der Waals surface area (Å²) < 4.78 is 5.05. The number of carbonyl (C=O) groups excluding carboxylic acids is 1. The van der Waals surface area contributed by atoms with Gasteiger partial charge >= 0.3 is 12.1 Å². The molecular weight excluding hydrogens is 292 g/mol. The minimum Gasteiger partial charge on any atom is -0.476 e. The highest BCUT2D eigenvalue weighted by Crippen LogP contribution is 2.13. The van der Waals surface area contributed by atoms with Crippen LogP contribution >= 0.6 is 11.3 Å². The summed E-state index contributed by atoms with van der Waals surface area (Å²) in [5.74, 6) is -1.06. The Morgan fingerprint density at radius 2 is 2.05 bits per heavy atom. The molecule has 0 atom stereocenters. The van der Waals surface area contributed by atoms with Gasteiger partial charge in [0.15, 0.2) is 5.69 Å². The van der Waals surface area contributed by atoms with Gasteiger partial charge in [-0.2, -0.15) is 0 Å². The average Bonchev–Trinajstić information content (AvgIpc) is 2.95. The summed E-state index contributed by atoms with van der Waals surface area (Å²) >= 11 is 1.26. The predicted molar refractivity (Wildman–Crippen MR) is 77.4 cm³/mol. The van der Waals surface area contributed by atoms with E-state index in [4.69, 9.17) is 9.84 Å². The maximum atomic E-state index is 11.5. The second-order valence-electron chi connectivity index (χ2n) is 4.17. The molecule has 0 aliphatic heterocycles. The van der Waals surface area contributed by atoms with Crippen LogP contribution in [0.1, 0.15) is 20.9 Å². The third-order valence-corrected chi connectivity index (χ3v) is 3.57. The summed E-state index contributed by atoms with van der Waals surface area (Å²) in [5.41, 5.74) is 2.43. The molecule has 1 heterocycles. The molecule has 0 unspecified atom stereocenters. The quantitative estimate of drug-likeness (QED) is 0.855. The van der Waals surface area contributed by atoms with E-state index < -0.39 is 12.1 Å². The number of carbonyl (C=O) groups is 2. The van der Waals surface area contributed by atoms with Gasteiger partial charge in [0, 0.05) is 17.8 Å². The van der Waals surface area contributed by atoms with Crippen LogP contribution in [0.4, 0.5) is 4.79 Å². The second kappa shape index (κ2) is 7.39. The highest BCUT2D eigenvalue weighted by molar-refractivity contribution is 7.09. The molecule has 2 N–H and O–H groups in total. The van der Waals surface area contributed by atoms with Crippen molar-refractivity contribution in [2.45, 2.75) is 13.0 Å². The largest absolute Gasteiger partial charge is 0.476 e. The number of aromatic carboxylic acids is 1. The molecule has 21 heavy (non-hydrogen) atoms. The summed E-state index contributed by atoms with van der Waals surface area (Å²) in [6.07, 6.45) is -0.118. The van der Waals surface area contributed by atoms with Gasteiger partial charge in [-0.3, -0.25) is 0 Å². The molecule has 0 spiro atoms. The Balaban J connectivity index is 1.72. The molecule has 6 nitrogen and oxygen atoms in total. The topological polar surface area (TPSA) is 88.5 Å². The summed E-state index contributed by atoms with van der Waals surface area (Å²) in [5, 5.41) is 11.5. The molecule has 0 fully saturated rings. The molecule has 0 radical (unpaired) electrons. The maximum Gasteiger partial charge on any atom is 0.407 e. The molecule has 1 aromatic heterocycles. The molecule has 0 bridgehead atoms. The molecule has 0 aliphatic carbocycles. The monoisotopic (exact) mass is 306 g/mol. The van der Waals surface area contributed by atoms with Crippen molar-refractivity contribution < 1.29 is 19.4 Å². The van der Waals surface area contributed by atoms with Gasteiger partial charge < -0.3 is 15.2 Å². The number of carboxylic acid groups (broad SMARTS) is 1. The number of aromatic nitrogens is 1. The summed E-state index contributed by atoms with van der Waals surface area (Å²) in [4.78, 5) is 26.8. The van der Waals surface area contributed by atoms with Crippen molar-refractivity contribution in [3.05, 3.63) is 52.0 Å². The van der Waals surface area contributed by atoms with Gasteiger partial charge in [0.05, 0.1) is 5.51 Å². The number of rotatable bonds is 6. The number of thiazole rings is 1. The highest BCUT2D eigenvalue weighted by Gasteiger charge is 2.13. The van der Waals surface area contributed by atoms with Gasteiger partial charge in [-0.05, 0) is 5.56 Å². The lowest BCUT2D eigenvalue weighted by molar-refractivity contribution is 0.0690. The number of nitrogens with one attached hydrogen (secondary N) is 1. The fourth-order valence-corrected chi connectivity index (χ4v) is 2.43. The second-order valence-corrected chi connectivity index (χ2v) is 5.11. The van der Waals surface area contributed by atoms with Gasteiger partial charge in [0.25, 0.3) is 0 Å². The number of nitrogens with zero attached hydrogens (tertiary/aromatic N) is 1. The van der Waals surface area contributed by atoms with Crippen LogP contribution in [0.3, 0.4) is 0 Å². The van der Waals surface area contributed by atoms with E-state index in [9.17, 15) is 9.59 Å². The van der Waals surface area contributed by atoms with Crippen LogP contribution in [0.25, 0.3) is 0 Å². The molecule has 2 aromatic rings. The molecule has 0 aliphatic rings. The van der Waals surface area contributed by atoms with Gasteiger partial charge in [0.1, 0.15) is 6.61 Å². The van der Waals surface area contributed by atoms with E-state index >= 15 is 0 Å². The number of amides is 1. The zero-order valence-corrected chi connectivity index (χ0v) is 11.9. The van der Waals surface area contributed by atoms with Gasteiger partial charge in [-0.25, -0.2) is 14.6 Å². The van der Waals surface area contributed by atoms with Crippen LogP contribution in [-0.2, 0) is 17.8 Å². The van der Waals surface area contributed by atoms with E-state index in [1.807, 2.05) is 30.3 Å². The van der Waals surface area contributed by atoms with Crippen molar-refractivity contribution in [2.75, 3.05) is 6.54 Å². The third-order valence-electron chi connectivity index (χ3n) is 2.68. The van der Waals surface area contributed by atoms with Crippen molar-refractivity contribution in [3.8, 4) is 0 Å². The Kier molecular flexibility index (Phi) is 5.28. The van der Waals surface area contributed by atoms with Crippen LogP contribution in [0.5, 0.6) is 0 Å². The van der Waals surface area contributed by atoms with E-state index in [-0.39, 0.29) is 12.3 Å². The molecule has 2 rings (SSSR count). The molecule has 110 valence electrons. The number of carboxylic acids is 1. The van der Waals surface area contributed by atoms with Gasteiger partial charge in [-0.15, -0.1) is 11.3 Å². The zero-order chi connectivity index (χ0) is 15.1. The minimum atomic E-state index is -1.06. The molecule has 1 aromatic carbocycles. The maximum absolute atomic E-state index is 11.5. The first-order chi connectivity index (χ1) is 10.2. The van der Waals surface area contributed by atoms with E-state index in [1.54, 1.807) is 0 Å². The summed E-state index contributed by atoms with van der Waals surface area (Å²) in [6.45, 7) is 0.504. The molecule has 0 saturated carbocycles.